The van der Waals surface area contributed by atoms with E-state index in [2.05, 4.69) is 27.7 Å². The number of hydrogen-bond acceptors (Lipinski definition) is 3. The van der Waals surface area contributed by atoms with Gasteiger partial charge in [0.15, 0.2) is 0 Å². The van der Waals surface area contributed by atoms with E-state index in [9.17, 15) is 4.79 Å². The summed E-state index contributed by atoms with van der Waals surface area (Å²) in [5, 5.41) is 11.7. The third kappa shape index (κ3) is 5.35. The van der Waals surface area contributed by atoms with Gasteiger partial charge in [-0.05, 0) is 25.3 Å². The molecule has 0 radical (unpaired) electrons. The number of nitrogens with zero attached hydrogens (tertiary/aromatic N) is 2. The molecule has 0 saturated heterocycles. The quantitative estimate of drug-likeness (QED) is 0.259. The molecule has 0 aromatic rings. The molecule has 0 unspecified atom stereocenters. The van der Waals surface area contributed by atoms with Crippen LogP contribution in [0.25, 0.3) is 0 Å². The molecule has 1 amide bonds. The van der Waals surface area contributed by atoms with Crippen LogP contribution in [0.5, 0.6) is 0 Å². The molecule has 0 bridgehead atoms. The molecule has 0 rings (SSSR count). The first-order valence-electron chi connectivity index (χ1n) is 5.78. The lowest BCUT2D eigenvalue weighted by atomic mass is 10.2. The third-order valence-corrected chi connectivity index (χ3v) is 3.29. The van der Waals surface area contributed by atoms with E-state index in [-0.39, 0.29) is 5.84 Å². The molecule has 0 atom stereocenters. The monoisotopic (exact) mass is 317 g/mol. The van der Waals surface area contributed by atoms with Crippen LogP contribution in [0.1, 0.15) is 26.7 Å². The second-order valence-electron chi connectivity index (χ2n) is 3.68. The fraction of sp³-hybridized carbons (Fsp3) is 0.500. The molecule has 0 aliphatic carbocycles. The Hall–Kier alpha value is -1.30. The highest BCUT2D eigenvalue weighted by Crippen LogP contribution is 2.19. The first-order valence-corrected chi connectivity index (χ1v) is 6.57. The molecule has 0 saturated carbocycles. The Bertz CT molecular complexity index is 364. The minimum Gasteiger partial charge on any atom is -0.409 e. The maximum Gasteiger partial charge on any atom is 0.287 e. The lowest BCUT2D eigenvalue weighted by Crippen LogP contribution is -2.41. The summed E-state index contributed by atoms with van der Waals surface area (Å²) in [6.07, 6.45) is 3.59. The van der Waals surface area contributed by atoms with Gasteiger partial charge < -0.3 is 15.8 Å². The normalized spacial score (nSPS) is 12.4. The van der Waals surface area contributed by atoms with Crippen molar-refractivity contribution in [3.05, 3.63) is 22.7 Å². The van der Waals surface area contributed by atoms with E-state index in [1.54, 1.807) is 4.90 Å². The van der Waals surface area contributed by atoms with Crippen LogP contribution in [0, 0.1) is 0 Å². The number of carbonyl (C=O) groups excluding carboxylic acids is 1. The number of primary amides is 1. The number of amidine groups is 1. The predicted molar refractivity (Wildman–Crippen MR) is 76.7 cm³/mol. The number of amides is 1. The van der Waals surface area contributed by atoms with Gasteiger partial charge in [-0.2, -0.15) is 0 Å². The molecule has 18 heavy (non-hydrogen) atoms. The number of carbonyl (C=O) groups is 1. The zero-order valence-electron chi connectivity index (χ0n) is 10.8. The van der Waals surface area contributed by atoms with Crippen molar-refractivity contribution in [2.75, 3.05) is 13.1 Å². The largest absolute Gasteiger partial charge is 0.409 e. The van der Waals surface area contributed by atoms with Gasteiger partial charge >= 0.3 is 0 Å². The smallest absolute Gasteiger partial charge is 0.287 e. The molecule has 6 heteroatoms. The van der Waals surface area contributed by atoms with Gasteiger partial charge in [-0.1, -0.05) is 40.7 Å². The van der Waals surface area contributed by atoms with E-state index in [0.717, 1.165) is 16.5 Å². The number of rotatable bonds is 6. The van der Waals surface area contributed by atoms with Crippen molar-refractivity contribution >= 4 is 27.7 Å². The van der Waals surface area contributed by atoms with E-state index >= 15 is 0 Å². The van der Waals surface area contributed by atoms with Crippen LogP contribution in [-0.2, 0) is 4.79 Å². The van der Waals surface area contributed by atoms with Crippen LogP contribution < -0.4 is 5.73 Å². The Labute approximate surface area is 116 Å². The molecule has 0 aromatic heterocycles. The van der Waals surface area contributed by atoms with Crippen molar-refractivity contribution in [3.8, 4) is 0 Å². The summed E-state index contributed by atoms with van der Waals surface area (Å²) >= 11 is 3.43. The van der Waals surface area contributed by atoms with Gasteiger partial charge in [0.05, 0.1) is 0 Å². The second-order valence-corrected chi connectivity index (χ2v) is 4.54. The number of oxime groups is 1. The summed E-state index contributed by atoms with van der Waals surface area (Å²) in [7, 11) is 0. The molecule has 0 fully saturated rings. The van der Waals surface area contributed by atoms with E-state index in [0.29, 0.717) is 19.5 Å². The fourth-order valence-electron chi connectivity index (χ4n) is 1.40. The zero-order valence-corrected chi connectivity index (χ0v) is 12.4. The molecule has 0 aliphatic rings. The van der Waals surface area contributed by atoms with Gasteiger partial charge in [-0.15, -0.1) is 0 Å². The number of nitrogens with two attached hydrogens (primary N) is 1. The fourth-order valence-corrected chi connectivity index (χ4v) is 1.92. The highest BCUT2D eigenvalue weighted by atomic mass is 79.9. The van der Waals surface area contributed by atoms with Gasteiger partial charge in [-0.3, -0.25) is 4.79 Å². The summed E-state index contributed by atoms with van der Waals surface area (Å²) in [6.45, 7) is 8.89. The molecule has 0 spiro atoms. The molecule has 5 nitrogen and oxygen atoms in total. The minimum atomic E-state index is -0.742. The van der Waals surface area contributed by atoms with E-state index in [4.69, 9.17) is 10.9 Å². The van der Waals surface area contributed by atoms with E-state index < -0.39 is 5.91 Å². The summed E-state index contributed by atoms with van der Waals surface area (Å²) in [6, 6.07) is 0. The van der Waals surface area contributed by atoms with Gasteiger partial charge in [-0.25, -0.2) is 0 Å². The Kier molecular flexibility index (Phi) is 8.11. The van der Waals surface area contributed by atoms with Crippen molar-refractivity contribution < 1.29 is 10.0 Å². The van der Waals surface area contributed by atoms with Crippen molar-refractivity contribution in [2.45, 2.75) is 26.7 Å². The SMILES string of the molecule is C=C(CCN(CC)/C(=N/O)C(N)=O)/C(Br)=C\CC. The summed E-state index contributed by atoms with van der Waals surface area (Å²) < 4.78 is 0.961. The van der Waals surface area contributed by atoms with Crippen LogP contribution in [0.2, 0.25) is 0 Å². The zero-order chi connectivity index (χ0) is 14.1. The molecule has 3 N–H and O–H groups in total. The Balaban J connectivity index is 4.54. The van der Waals surface area contributed by atoms with Crippen molar-refractivity contribution in [1.29, 1.82) is 0 Å². The minimum absolute atomic E-state index is 0.124. The number of allylic oxidation sites excluding steroid dienone is 2. The maximum absolute atomic E-state index is 11.1. The summed E-state index contributed by atoms with van der Waals surface area (Å²) in [4.78, 5) is 12.7. The Morgan fingerprint density at radius 3 is 2.56 bits per heavy atom. The van der Waals surface area contributed by atoms with Crippen LogP contribution >= 0.6 is 15.9 Å². The molecule has 0 aliphatic heterocycles. The van der Waals surface area contributed by atoms with E-state index in [1.807, 2.05) is 19.9 Å². The predicted octanol–water partition coefficient (Wildman–Crippen LogP) is 2.22. The van der Waals surface area contributed by atoms with Crippen molar-refractivity contribution in [1.82, 2.24) is 4.90 Å². The maximum atomic E-state index is 11.1. The summed E-state index contributed by atoms with van der Waals surface area (Å²) in [5.41, 5.74) is 6.05. The number of halogens is 1. The lowest BCUT2D eigenvalue weighted by molar-refractivity contribution is -0.112. The highest BCUT2D eigenvalue weighted by Gasteiger charge is 2.16. The number of hydrogen-bond donors (Lipinski definition) is 2. The average molecular weight is 318 g/mol. The molecule has 0 heterocycles. The van der Waals surface area contributed by atoms with E-state index in [1.165, 1.54) is 0 Å². The topological polar surface area (TPSA) is 78.9 Å². The number of likely N-dealkylation sites (N-methyl/N-ethyl adjacent to an activating group) is 1. The van der Waals surface area contributed by atoms with Crippen molar-refractivity contribution in [3.63, 3.8) is 0 Å². The average Bonchev–Trinajstić information content (AvgIpc) is 2.33. The van der Waals surface area contributed by atoms with Crippen LogP contribution in [0.4, 0.5) is 0 Å². The first-order chi connectivity index (χ1) is 8.47. The summed E-state index contributed by atoms with van der Waals surface area (Å²) in [5.74, 6) is -0.867. The van der Waals surface area contributed by atoms with Crippen LogP contribution in [-0.4, -0.2) is 34.9 Å². The van der Waals surface area contributed by atoms with Gasteiger partial charge in [0.2, 0.25) is 5.84 Å². The Morgan fingerprint density at radius 2 is 2.17 bits per heavy atom. The lowest BCUT2D eigenvalue weighted by Gasteiger charge is -2.21. The molecular weight excluding hydrogens is 298 g/mol. The van der Waals surface area contributed by atoms with Gasteiger partial charge in [0.1, 0.15) is 0 Å². The van der Waals surface area contributed by atoms with Gasteiger partial charge in [0, 0.05) is 17.6 Å². The van der Waals surface area contributed by atoms with Crippen molar-refractivity contribution in [2.24, 2.45) is 10.9 Å². The molecule has 0 aromatic carbocycles. The highest BCUT2D eigenvalue weighted by molar-refractivity contribution is 9.12. The molecule has 102 valence electrons. The Morgan fingerprint density at radius 1 is 1.56 bits per heavy atom. The molecular formula is C12H20BrN3O2. The van der Waals surface area contributed by atoms with Crippen LogP contribution in [0.15, 0.2) is 27.9 Å². The standard InChI is InChI=1S/C12H20BrN3O2/c1-4-6-10(13)9(3)7-8-16(5-2)12(15-18)11(14)17/h6,18H,3-5,7-8H2,1-2H3,(H2,14,17)/b10-6+,15-12+. The second kappa shape index (κ2) is 8.74. The third-order valence-electron chi connectivity index (χ3n) is 2.40. The first kappa shape index (κ1) is 16.7. The van der Waals surface area contributed by atoms with Gasteiger partial charge in [0.25, 0.3) is 5.91 Å². The van der Waals surface area contributed by atoms with Crippen LogP contribution in [0.3, 0.4) is 0 Å².